The molecule has 0 aromatic carbocycles. The van der Waals surface area contributed by atoms with Crippen LogP contribution in [0.15, 0.2) is 12.2 Å². The Morgan fingerprint density at radius 2 is 1.90 bits per heavy atom. The fourth-order valence-electron chi connectivity index (χ4n) is 1.74. The van der Waals surface area contributed by atoms with E-state index in [9.17, 15) is 19.8 Å². The lowest BCUT2D eigenvalue weighted by Crippen LogP contribution is -2.50. The van der Waals surface area contributed by atoms with Crippen LogP contribution < -0.4 is 5.32 Å². The standard InChI is InChI=1S/C15H27NO5/c1-6-7-8-10(2)13(18)12(14(19)20)16-9-11(17)21-15(3,4)5/h6-7,10,12-13,16,18H,8-9H2,1-5H3,(H,19,20)/b7-6+/t10-,12-,13-/m1/s1. The van der Waals surface area contributed by atoms with Crippen molar-refractivity contribution in [2.24, 2.45) is 5.92 Å². The normalized spacial score (nSPS) is 16.5. The first-order valence-corrected chi connectivity index (χ1v) is 7.05. The van der Waals surface area contributed by atoms with Gasteiger partial charge in [-0.25, -0.2) is 0 Å². The quantitative estimate of drug-likeness (QED) is 0.462. The van der Waals surface area contributed by atoms with Gasteiger partial charge in [0.2, 0.25) is 0 Å². The van der Waals surface area contributed by atoms with Gasteiger partial charge in [0.25, 0.3) is 0 Å². The van der Waals surface area contributed by atoms with E-state index in [1.54, 1.807) is 27.7 Å². The van der Waals surface area contributed by atoms with E-state index in [1.165, 1.54) is 0 Å². The molecule has 0 spiro atoms. The molecule has 0 aliphatic heterocycles. The molecule has 6 heteroatoms. The van der Waals surface area contributed by atoms with Crippen LogP contribution in [0, 0.1) is 5.92 Å². The van der Waals surface area contributed by atoms with Gasteiger partial charge in [-0.15, -0.1) is 0 Å². The molecule has 3 atom stereocenters. The summed E-state index contributed by atoms with van der Waals surface area (Å²) in [4.78, 5) is 22.8. The van der Waals surface area contributed by atoms with Crippen LogP contribution in [0.5, 0.6) is 0 Å². The number of hydrogen-bond donors (Lipinski definition) is 3. The van der Waals surface area contributed by atoms with Crippen LogP contribution in [0.1, 0.15) is 41.0 Å². The molecular weight excluding hydrogens is 274 g/mol. The topological polar surface area (TPSA) is 95.9 Å². The number of rotatable bonds is 8. The summed E-state index contributed by atoms with van der Waals surface area (Å²) < 4.78 is 5.09. The minimum atomic E-state index is -1.21. The maximum atomic E-state index is 11.6. The molecule has 0 saturated carbocycles. The van der Waals surface area contributed by atoms with Crippen molar-refractivity contribution in [2.75, 3.05) is 6.54 Å². The fourth-order valence-corrected chi connectivity index (χ4v) is 1.74. The number of aliphatic hydroxyl groups excluding tert-OH is 1. The smallest absolute Gasteiger partial charge is 0.323 e. The van der Waals surface area contributed by atoms with Gasteiger partial charge in [-0.3, -0.25) is 14.9 Å². The molecule has 21 heavy (non-hydrogen) atoms. The van der Waals surface area contributed by atoms with Crippen molar-refractivity contribution < 1.29 is 24.5 Å². The predicted octanol–water partition coefficient (Wildman–Crippen LogP) is 1.33. The van der Waals surface area contributed by atoms with Gasteiger partial charge in [-0.05, 0) is 40.0 Å². The van der Waals surface area contributed by atoms with E-state index < -0.39 is 29.7 Å². The Hall–Kier alpha value is -1.40. The van der Waals surface area contributed by atoms with E-state index in [0.29, 0.717) is 6.42 Å². The van der Waals surface area contributed by atoms with Gasteiger partial charge in [0, 0.05) is 0 Å². The number of ether oxygens (including phenoxy) is 1. The number of carbonyl (C=O) groups is 2. The first kappa shape index (κ1) is 19.6. The lowest BCUT2D eigenvalue weighted by atomic mass is 9.94. The SMILES string of the molecule is C/C=C/C[C@@H](C)[C@@H](O)[C@@H](NCC(=O)OC(C)(C)C)C(=O)O. The summed E-state index contributed by atoms with van der Waals surface area (Å²) in [6.45, 7) is 8.54. The highest BCUT2D eigenvalue weighted by atomic mass is 16.6. The summed E-state index contributed by atoms with van der Waals surface area (Å²) in [5.41, 5.74) is -0.630. The fraction of sp³-hybridized carbons (Fsp3) is 0.733. The van der Waals surface area contributed by atoms with Crippen molar-refractivity contribution in [1.82, 2.24) is 5.32 Å². The van der Waals surface area contributed by atoms with E-state index in [1.807, 2.05) is 19.1 Å². The van der Waals surface area contributed by atoms with Gasteiger partial charge in [0.15, 0.2) is 0 Å². The van der Waals surface area contributed by atoms with E-state index in [0.717, 1.165) is 0 Å². The Morgan fingerprint density at radius 1 is 1.33 bits per heavy atom. The molecule has 0 aliphatic carbocycles. The number of nitrogens with one attached hydrogen (secondary N) is 1. The highest BCUT2D eigenvalue weighted by Crippen LogP contribution is 2.13. The molecule has 0 aromatic heterocycles. The Kier molecular flexibility index (Phi) is 8.21. The van der Waals surface area contributed by atoms with Crippen LogP contribution in [0.25, 0.3) is 0 Å². The summed E-state index contributed by atoms with van der Waals surface area (Å²) >= 11 is 0. The molecule has 0 saturated heterocycles. The van der Waals surface area contributed by atoms with Crippen LogP contribution in [-0.2, 0) is 14.3 Å². The molecule has 0 amide bonds. The van der Waals surface area contributed by atoms with Gasteiger partial charge >= 0.3 is 11.9 Å². The van der Waals surface area contributed by atoms with E-state index >= 15 is 0 Å². The number of allylic oxidation sites excluding steroid dienone is 2. The zero-order valence-electron chi connectivity index (χ0n) is 13.4. The highest BCUT2D eigenvalue weighted by Gasteiger charge is 2.30. The van der Waals surface area contributed by atoms with Crippen molar-refractivity contribution in [2.45, 2.75) is 58.8 Å². The molecule has 0 heterocycles. The second-order valence-corrected chi connectivity index (χ2v) is 6.06. The van der Waals surface area contributed by atoms with Crippen LogP contribution in [0.4, 0.5) is 0 Å². The number of esters is 1. The third-order valence-corrected chi connectivity index (χ3v) is 2.82. The van der Waals surface area contributed by atoms with Crippen molar-refractivity contribution in [1.29, 1.82) is 0 Å². The predicted molar refractivity (Wildman–Crippen MR) is 79.9 cm³/mol. The molecule has 3 N–H and O–H groups in total. The Morgan fingerprint density at radius 3 is 2.33 bits per heavy atom. The number of aliphatic carboxylic acids is 1. The summed E-state index contributed by atoms with van der Waals surface area (Å²) in [5, 5.41) is 21.8. The monoisotopic (exact) mass is 301 g/mol. The molecule has 0 rings (SSSR count). The average Bonchev–Trinajstić information content (AvgIpc) is 2.33. The summed E-state index contributed by atoms with van der Waals surface area (Å²) in [6.07, 6.45) is 3.17. The number of carboxylic acids is 1. The first-order chi connectivity index (χ1) is 9.58. The molecule has 0 unspecified atom stereocenters. The Balaban J connectivity index is 4.56. The molecular formula is C15H27NO5. The van der Waals surface area contributed by atoms with Gasteiger partial charge in [0.05, 0.1) is 12.6 Å². The largest absolute Gasteiger partial charge is 0.480 e. The number of carboxylic acid groups (broad SMARTS) is 1. The van der Waals surface area contributed by atoms with Crippen molar-refractivity contribution in [3.8, 4) is 0 Å². The van der Waals surface area contributed by atoms with Crippen LogP contribution in [0.3, 0.4) is 0 Å². The molecule has 0 fully saturated rings. The second-order valence-electron chi connectivity index (χ2n) is 6.06. The van der Waals surface area contributed by atoms with Crippen LogP contribution >= 0.6 is 0 Å². The van der Waals surface area contributed by atoms with Gasteiger partial charge < -0.3 is 14.9 Å². The van der Waals surface area contributed by atoms with Crippen molar-refractivity contribution >= 4 is 11.9 Å². The maximum absolute atomic E-state index is 11.6. The maximum Gasteiger partial charge on any atom is 0.323 e. The van der Waals surface area contributed by atoms with Crippen LogP contribution in [-0.4, -0.2) is 46.4 Å². The number of aliphatic hydroxyl groups is 1. The van der Waals surface area contributed by atoms with E-state index in [4.69, 9.17) is 4.74 Å². The van der Waals surface area contributed by atoms with Crippen molar-refractivity contribution in [3.63, 3.8) is 0 Å². The molecule has 6 nitrogen and oxygen atoms in total. The third-order valence-electron chi connectivity index (χ3n) is 2.82. The average molecular weight is 301 g/mol. The molecule has 0 aliphatic rings. The number of carbonyl (C=O) groups excluding carboxylic acids is 1. The summed E-state index contributed by atoms with van der Waals surface area (Å²) in [5.74, 6) is -1.99. The summed E-state index contributed by atoms with van der Waals surface area (Å²) in [6, 6.07) is -1.21. The Bertz CT molecular complexity index is 373. The van der Waals surface area contributed by atoms with Crippen LogP contribution in [0.2, 0.25) is 0 Å². The molecule has 0 radical (unpaired) electrons. The summed E-state index contributed by atoms with van der Waals surface area (Å²) in [7, 11) is 0. The Labute approximate surface area is 126 Å². The van der Waals surface area contributed by atoms with E-state index in [-0.39, 0.29) is 12.5 Å². The highest BCUT2D eigenvalue weighted by molar-refractivity contribution is 5.77. The van der Waals surface area contributed by atoms with Crippen molar-refractivity contribution in [3.05, 3.63) is 12.2 Å². The first-order valence-electron chi connectivity index (χ1n) is 7.05. The molecule has 0 bridgehead atoms. The number of hydrogen-bond acceptors (Lipinski definition) is 5. The third kappa shape index (κ3) is 8.47. The minimum absolute atomic E-state index is 0.242. The minimum Gasteiger partial charge on any atom is -0.480 e. The lowest BCUT2D eigenvalue weighted by Gasteiger charge is -2.25. The zero-order valence-corrected chi connectivity index (χ0v) is 13.4. The van der Waals surface area contributed by atoms with Gasteiger partial charge in [-0.1, -0.05) is 19.1 Å². The molecule has 122 valence electrons. The van der Waals surface area contributed by atoms with Gasteiger partial charge in [0.1, 0.15) is 11.6 Å². The van der Waals surface area contributed by atoms with Gasteiger partial charge in [-0.2, -0.15) is 0 Å². The van der Waals surface area contributed by atoms with E-state index in [2.05, 4.69) is 5.32 Å². The lowest BCUT2D eigenvalue weighted by molar-refractivity contribution is -0.154. The zero-order chi connectivity index (χ0) is 16.6. The molecule has 0 aromatic rings. The second kappa shape index (κ2) is 8.79.